The lowest BCUT2D eigenvalue weighted by Gasteiger charge is -2.32. The third-order valence-electron chi connectivity index (χ3n) is 5.93. The molecule has 1 N–H and O–H groups in total. The Hall–Kier alpha value is -2.39. The number of halogens is 1. The SMILES string of the molecule is CC[C@@H](C)NC(=O)[C@@H](C)N(Cc1cccc(Br)c1)C(=O)CN(c1cccc(C)c1C)S(C)(=O)=O. The fourth-order valence-electron chi connectivity index (χ4n) is 3.48. The molecule has 9 heteroatoms. The summed E-state index contributed by atoms with van der Waals surface area (Å²) < 4.78 is 27.4. The van der Waals surface area contributed by atoms with Gasteiger partial charge in [-0.2, -0.15) is 0 Å². The molecule has 0 fully saturated rings. The first-order chi connectivity index (χ1) is 15.8. The minimum Gasteiger partial charge on any atom is -0.352 e. The van der Waals surface area contributed by atoms with E-state index in [0.717, 1.165) is 38.1 Å². The lowest BCUT2D eigenvalue weighted by Crippen LogP contribution is -2.52. The van der Waals surface area contributed by atoms with Gasteiger partial charge >= 0.3 is 0 Å². The Bertz CT molecular complexity index is 1140. The molecule has 0 spiro atoms. The van der Waals surface area contributed by atoms with Gasteiger partial charge in [-0.3, -0.25) is 13.9 Å². The molecule has 2 rings (SSSR count). The van der Waals surface area contributed by atoms with E-state index in [-0.39, 0.29) is 18.5 Å². The quantitative estimate of drug-likeness (QED) is 0.480. The first-order valence-corrected chi connectivity index (χ1v) is 13.9. The van der Waals surface area contributed by atoms with Crippen molar-refractivity contribution in [3.05, 3.63) is 63.6 Å². The van der Waals surface area contributed by atoms with Gasteiger partial charge in [0.2, 0.25) is 21.8 Å². The van der Waals surface area contributed by atoms with E-state index in [0.29, 0.717) is 5.69 Å². The number of rotatable bonds is 10. The second-order valence-electron chi connectivity index (χ2n) is 8.63. The van der Waals surface area contributed by atoms with Gasteiger partial charge in [0.25, 0.3) is 0 Å². The highest BCUT2D eigenvalue weighted by molar-refractivity contribution is 9.10. The third-order valence-corrected chi connectivity index (χ3v) is 7.55. The van der Waals surface area contributed by atoms with E-state index in [2.05, 4.69) is 21.2 Å². The molecule has 2 amide bonds. The smallest absolute Gasteiger partial charge is 0.244 e. The maximum atomic E-state index is 13.6. The van der Waals surface area contributed by atoms with Crippen LogP contribution in [0, 0.1) is 13.8 Å². The van der Waals surface area contributed by atoms with Crippen molar-refractivity contribution in [2.45, 2.75) is 59.7 Å². The standard InChI is InChI=1S/C25H34BrN3O4S/c1-7-18(3)27-25(31)20(5)28(15-21-11-9-12-22(26)14-21)24(30)16-29(34(6,32)33)23-13-8-10-17(2)19(23)4/h8-14,18,20H,7,15-16H2,1-6H3,(H,27,31)/t18-,20-/m1/s1. The molecule has 0 radical (unpaired) electrons. The number of amides is 2. The number of nitrogens with one attached hydrogen (secondary N) is 1. The Morgan fingerprint density at radius 1 is 1.09 bits per heavy atom. The largest absolute Gasteiger partial charge is 0.352 e. The highest BCUT2D eigenvalue weighted by Gasteiger charge is 2.31. The van der Waals surface area contributed by atoms with Gasteiger partial charge in [0.15, 0.2) is 0 Å². The van der Waals surface area contributed by atoms with Gasteiger partial charge in [0, 0.05) is 17.1 Å². The Balaban J connectivity index is 2.43. The molecule has 0 aromatic heterocycles. The van der Waals surface area contributed by atoms with Gasteiger partial charge in [-0.15, -0.1) is 0 Å². The van der Waals surface area contributed by atoms with Crippen LogP contribution < -0.4 is 9.62 Å². The minimum absolute atomic E-state index is 0.0415. The van der Waals surface area contributed by atoms with E-state index in [9.17, 15) is 18.0 Å². The van der Waals surface area contributed by atoms with Crippen LogP contribution in [-0.4, -0.2) is 50.0 Å². The molecule has 0 bridgehead atoms. The summed E-state index contributed by atoms with van der Waals surface area (Å²) in [5.41, 5.74) is 2.98. The molecule has 0 saturated carbocycles. The van der Waals surface area contributed by atoms with E-state index in [1.54, 1.807) is 19.1 Å². The van der Waals surface area contributed by atoms with Crippen molar-refractivity contribution < 1.29 is 18.0 Å². The zero-order valence-electron chi connectivity index (χ0n) is 20.6. The van der Waals surface area contributed by atoms with Crippen molar-refractivity contribution in [2.75, 3.05) is 17.1 Å². The van der Waals surface area contributed by atoms with Crippen molar-refractivity contribution in [1.29, 1.82) is 0 Å². The average Bonchev–Trinajstić information content (AvgIpc) is 2.76. The predicted octanol–water partition coefficient (Wildman–Crippen LogP) is 4.16. The van der Waals surface area contributed by atoms with Crippen molar-refractivity contribution in [1.82, 2.24) is 10.2 Å². The normalized spacial score (nSPS) is 13.1. The van der Waals surface area contributed by atoms with Gasteiger partial charge < -0.3 is 10.2 Å². The lowest BCUT2D eigenvalue weighted by molar-refractivity contribution is -0.139. The fourth-order valence-corrected chi connectivity index (χ4v) is 4.83. The molecule has 0 saturated heterocycles. The van der Waals surface area contributed by atoms with Crippen LogP contribution in [0.15, 0.2) is 46.9 Å². The number of hydrogen-bond acceptors (Lipinski definition) is 4. The lowest BCUT2D eigenvalue weighted by atomic mass is 10.1. The van der Waals surface area contributed by atoms with E-state index in [4.69, 9.17) is 0 Å². The van der Waals surface area contributed by atoms with E-state index >= 15 is 0 Å². The first kappa shape index (κ1) is 27.9. The van der Waals surface area contributed by atoms with E-state index < -0.39 is 28.5 Å². The molecule has 0 aliphatic heterocycles. The number of hydrogen-bond donors (Lipinski definition) is 1. The zero-order chi connectivity index (χ0) is 25.6. The Kier molecular flexibility index (Phi) is 9.70. The highest BCUT2D eigenvalue weighted by atomic mass is 79.9. The minimum atomic E-state index is -3.76. The van der Waals surface area contributed by atoms with Crippen LogP contribution in [0.2, 0.25) is 0 Å². The monoisotopic (exact) mass is 551 g/mol. The average molecular weight is 553 g/mol. The summed E-state index contributed by atoms with van der Waals surface area (Å²) in [7, 11) is -3.76. The summed E-state index contributed by atoms with van der Waals surface area (Å²) in [5, 5.41) is 2.92. The van der Waals surface area contributed by atoms with E-state index in [1.165, 1.54) is 4.90 Å². The maximum absolute atomic E-state index is 13.6. The molecule has 2 atom stereocenters. The molecule has 0 aliphatic carbocycles. The van der Waals surface area contributed by atoms with Crippen LogP contribution >= 0.6 is 15.9 Å². The van der Waals surface area contributed by atoms with Gasteiger partial charge in [-0.05, 0) is 69.0 Å². The molecule has 186 valence electrons. The number of anilines is 1. The fraction of sp³-hybridized carbons (Fsp3) is 0.440. The highest BCUT2D eigenvalue weighted by Crippen LogP contribution is 2.25. The third kappa shape index (κ3) is 7.30. The second kappa shape index (κ2) is 11.8. The number of aryl methyl sites for hydroxylation is 1. The van der Waals surface area contributed by atoms with Gasteiger partial charge in [-0.25, -0.2) is 8.42 Å². The molecule has 0 unspecified atom stereocenters. The predicted molar refractivity (Wildman–Crippen MR) is 140 cm³/mol. The van der Waals surface area contributed by atoms with Crippen molar-refractivity contribution in [3.63, 3.8) is 0 Å². The zero-order valence-corrected chi connectivity index (χ0v) is 23.0. The summed E-state index contributed by atoms with van der Waals surface area (Å²) in [4.78, 5) is 27.9. The number of carbonyl (C=O) groups excluding carboxylic acids is 2. The van der Waals surface area contributed by atoms with Crippen LogP contribution in [-0.2, 0) is 26.2 Å². The Morgan fingerprint density at radius 3 is 2.32 bits per heavy atom. The topological polar surface area (TPSA) is 86.8 Å². The van der Waals surface area contributed by atoms with Gasteiger partial charge in [-0.1, -0.05) is 47.1 Å². The number of benzene rings is 2. The van der Waals surface area contributed by atoms with Crippen LogP contribution in [0.4, 0.5) is 5.69 Å². The molecule has 2 aromatic carbocycles. The van der Waals surface area contributed by atoms with Crippen LogP contribution in [0.25, 0.3) is 0 Å². The van der Waals surface area contributed by atoms with Crippen LogP contribution in [0.1, 0.15) is 43.9 Å². The first-order valence-electron chi connectivity index (χ1n) is 11.2. The second-order valence-corrected chi connectivity index (χ2v) is 11.5. The van der Waals surface area contributed by atoms with Crippen molar-refractivity contribution >= 4 is 43.5 Å². The van der Waals surface area contributed by atoms with Crippen molar-refractivity contribution in [3.8, 4) is 0 Å². The Morgan fingerprint density at radius 2 is 1.74 bits per heavy atom. The van der Waals surface area contributed by atoms with Crippen molar-refractivity contribution in [2.24, 2.45) is 0 Å². The van der Waals surface area contributed by atoms with E-state index in [1.807, 2.05) is 58.0 Å². The summed E-state index contributed by atoms with van der Waals surface area (Å²) in [5.74, 6) is -0.742. The number of nitrogens with zero attached hydrogens (tertiary/aromatic N) is 2. The number of sulfonamides is 1. The summed E-state index contributed by atoms with van der Waals surface area (Å²) >= 11 is 3.44. The molecule has 34 heavy (non-hydrogen) atoms. The molecular weight excluding hydrogens is 518 g/mol. The maximum Gasteiger partial charge on any atom is 0.244 e. The molecule has 0 heterocycles. The van der Waals surface area contributed by atoms with Crippen LogP contribution in [0.5, 0.6) is 0 Å². The molecule has 2 aromatic rings. The number of carbonyl (C=O) groups is 2. The van der Waals surface area contributed by atoms with Crippen LogP contribution in [0.3, 0.4) is 0 Å². The summed E-state index contributed by atoms with van der Waals surface area (Å²) in [6, 6.07) is 12.0. The molecule has 0 aliphatic rings. The molecular formula is C25H34BrN3O4S. The summed E-state index contributed by atoms with van der Waals surface area (Å²) in [6.07, 6.45) is 1.84. The summed E-state index contributed by atoms with van der Waals surface area (Å²) in [6.45, 7) is 9.01. The van der Waals surface area contributed by atoms with Gasteiger partial charge in [0.05, 0.1) is 11.9 Å². The van der Waals surface area contributed by atoms with Gasteiger partial charge in [0.1, 0.15) is 12.6 Å². The Labute approximate surface area is 211 Å². The molecule has 7 nitrogen and oxygen atoms in total.